The van der Waals surface area contributed by atoms with Gasteiger partial charge in [0.15, 0.2) is 0 Å². The van der Waals surface area contributed by atoms with E-state index >= 15 is 0 Å². The first-order chi connectivity index (χ1) is 5.73. The van der Waals surface area contributed by atoms with Gasteiger partial charge in [-0.15, -0.1) is 0 Å². The molecule has 0 spiro atoms. The van der Waals surface area contributed by atoms with Crippen LogP contribution in [0.15, 0.2) is 0 Å². The molecule has 0 aromatic carbocycles. The van der Waals surface area contributed by atoms with Crippen molar-refractivity contribution in [2.75, 3.05) is 13.2 Å². The first-order valence-corrected chi connectivity index (χ1v) is 6.07. The van der Waals surface area contributed by atoms with Crippen molar-refractivity contribution in [3.63, 3.8) is 0 Å². The zero-order valence-electron chi connectivity index (χ0n) is 7.31. The van der Waals surface area contributed by atoms with E-state index in [0.717, 1.165) is 28.0 Å². The molecule has 3 aliphatic carbocycles. The zero-order chi connectivity index (χ0) is 8.23. The lowest BCUT2D eigenvalue weighted by Gasteiger charge is -2.71. The van der Waals surface area contributed by atoms with Gasteiger partial charge in [-0.3, -0.25) is 0 Å². The highest BCUT2D eigenvalue weighted by Gasteiger charge is 2.68. The van der Waals surface area contributed by atoms with Gasteiger partial charge in [-0.05, 0) is 43.4 Å². The molecule has 1 saturated heterocycles. The second-order valence-electron chi connectivity index (χ2n) is 4.96. The zero-order valence-corrected chi connectivity index (χ0v) is 9.47. The van der Waals surface area contributed by atoms with Crippen LogP contribution in [0.5, 0.6) is 0 Å². The maximum absolute atomic E-state index is 5.56. The van der Waals surface area contributed by atoms with Gasteiger partial charge in [0, 0.05) is 16.6 Å². The second kappa shape index (κ2) is 2.38. The molecule has 2 heteroatoms. The van der Waals surface area contributed by atoms with E-state index in [1.807, 2.05) is 0 Å². The van der Waals surface area contributed by atoms with E-state index in [2.05, 4.69) is 22.6 Å². The average Bonchev–Trinajstić information content (AvgIpc) is 1.99. The Morgan fingerprint density at radius 1 is 1.25 bits per heavy atom. The third-order valence-electron chi connectivity index (χ3n) is 4.03. The van der Waals surface area contributed by atoms with Gasteiger partial charge < -0.3 is 4.74 Å². The highest BCUT2D eigenvalue weighted by molar-refractivity contribution is 14.1. The molecule has 4 aliphatic rings. The van der Waals surface area contributed by atoms with Crippen LogP contribution in [-0.2, 0) is 4.74 Å². The maximum Gasteiger partial charge on any atom is 0.0499 e. The number of halogens is 1. The lowest BCUT2D eigenvalue weighted by Crippen LogP contribution is -2.67. The van der Waals surface area contributed by atoms with E-state index in [9.17, 15) is 0 Å². The van der Waals surface area contributed by atoms with Crippen LogP contribution in [-0.4, -0.2) is 16.6 Å². The summed E-state index contributed by atoms with van der Waals surface area (Å²) >= 11 is 2.66. The molecule has 4 rings (SSSR count). The highest BCUT2D eigenvalue weighted by atomic mass is 127. The summed E-state index contributed by atoms with van der Waals surface area (Å²) in [4.78, 5) is 0. The van der Waals surface area contributed by atoms with Crippen molar-refractivity contribution in [2.45, 2.75) is 35.5 Å². The van der Waals surface area contributed by atoms with Crippen LogP contribution >= 0.6 is 22.6 Å². The summed E-state index contributed by atoms with van der Waals surface area (Å²) in [5.41, 5.74) is 0.765. The summed E-state index contributed by atoms with van der Waals surface area (Å²) in [6, 6.07) is 0. The molecule has 1 unspecified atom stereocenters. The molecule has 0 amide bonds. The normalized spacial score (nSPS) is 57.2. The monoisotopic (exact) mass is 278 g/mol. The van der Waals surface area contributed by atoms with Gasteiger partial charge in [-0.1, -0.05) is 22.6 Å². The summed E-state index contributed by atoms with van der Waals surface area (Å²) in [7, 11) is 0. The first kappa shape index (κ1) is 8.04. The Hall–Kier alpha value is 0.690. The minimum Gasteiger partial charge on any atom is -0.381 e. The van der Waals surface area contributed by atoms with Crippen LogP contribution in [0.4, 0.5) is 0 Å². The molecular formula is C10H15IO. The Kier molecular flexibility index (Phi) is 1.59. The molecule has 68 valence electrons. The smallest absolute Gasteiger partial charge is 0.0499 e. The fourth-order valence-electron chi connectivity index (χ4n) is 3.39. The van der Waals surface area contributed by atoms with E-state index in [1.165, 1.54) is 32.1 Å². The molecule has 1 aliphatic heterocycles. The lowest BCUT2D eigenvalue weighted by atomic mass is 9.39. The van der Waals surface area contributed by atoms with Crippen molar-refractivity contribution in [1.29, 1.82) is 0 Å². The van der Waals surface area contributed by atoms with E-state index < -0.39 is 0 Å². The molecule has 0 aromatic heterocycles. The standard InChI is InChI=1S/C10H15IO/c11-10-5-9(6-10,7-10)8-2-1-3-12-4-8/h8H,1-7H2. The molecular weight excluding hydrogens is 263 g/mol. The molecule has 4 fully saturated rings. The van der Waals surface area contributed by atoms with Gasteiger partial charge in [0.25, 0.3) is 0 Å². The fourth-order valence-corrected chi connectivity index (χ4v) is 5.67. The van der Waals surface area contributed by atoms with Gasteiger partial charge in [-0.2, -0.15) is 0 Å². The molecule has 0 radical (unpaired) electrons. The van der Waals surface area contributed by atoms with Gasteiger partial charge in [0.1, 0.15) is 0 Å². The number of ether oxygens (including phenoxy) is 1. The Balaban J connectivity index is 1.67. The van der Waals surface area contributed by atoms with Crippen LogP contribution in [0.25, 0.3) is 0 Å². The van der Waals surface area contributed by atoms with Crippen LogP contribution in [0, 0.1) is 11.3 Å². The van der Waals surface area contributed by atoms with Crippen molar-refractivity contribution >= 4 is 22.6 Å². The summed E-state index contributed by atoms with van der Waals surface area (Å²) < 4.78 is 6.30. The quantitative estimate of drug-likeness (QED) is 0.529. The van der Waals surface area contributed by atoms with Crippen molar-refractivity contribution in [3.05, 3.63) is 0 Å². The van der Waals surface area contributed by atoms with E-state index in [0.29, 0.717) is 0 Å². The summed E-state index contributed by atoms with van der Waals surface area (Å²) in [6.45, 7) is 2.08. The minimum atomic E-state index is 0.745. The molecule has 2 bridgehead atoms. The molecule has 1 nitrogen and oxygen atoms in total. The van der Waals surface area contributed by atoms with Crippen LogP contribution < -0.4 is 0 Å². The molecule has 1 atom stereocenters. The molecule has 1 heterocycles. The van der Waals surface area contributed by atoms with E-state index in [4.69, 9.17) is 4.74 Å². The van der Waals surface area contributed by atoms with Gasteiger partial charge in [0.05, 0.1) is 0 Å². The third-order valence-corrected chi connectivity index (χ3v) is 5.18. The van der Waals surface area contributed by atoms with Crippen molar-refractivity contribution in [3.8, 4) is 0 Å². The molecule has 0 N–H and O–H groups in total. The van der Waals surface area contributed by atoms with E-state index in [-0.39, 0.29) is 0 Å². The summed E-state index contributed by atoms with van der Waals surface area (Å²) in [5, 5.41) is 0. The van der Waals surface area contributed by atoms with Crippen LogP contribution in [0.2, 0.25) is 0 Å². The summed E-state index contributed by atoms with van der Waals surface area (Å²) in [6.07, 6.45) is 7.23. The van der Waals surface area contributed by atoms with Gasteiger partial charge in [0.2, 0.25) is 0 Å². The Morgan fingerprint density at radius 3 is 2.50 bits per heavy atom. The largest absolute Gasteiger partial charge is 0.381 e. The Bertz CT molecular complexity index is 188. The van der Waals surface area contributed by atoms with Crippen molar-refractivity contribution < 1.29 is 4.74 Å². The average molecular weight is 278 g/mol. The Morgan fingerprint density at radius 2 is 2.00 bits per heavy atom. The lowest BCUT2D eigenvalue weighted by molar-refractivity contribution is -0.149. The molecule has 0 aromatic rings. The van der Waals surface area contributed by atoms with Crippen molar-refractivity contribution in [1.82, 2.24) is 0 Å². The topological polar surface area (TPSA) is 9.23 Å². The predicted octanol–water partition coefficient (Wildman–Crippen LogP) is 2.77. The predicted molar refractivity (Wildman–Crippen MR) is 56.6 cm³/mol. The van der Waals surface area contributed by atoms with Crippen LogP contribution in [0.1, 0.15) is 32.1 Å². The van der Waals surface area contributed by atoms with Gasteiger partial charge >= 0.3 is 0 Å². The highest BCUT2D eigenvalue weighted by Crippen LogP contribution is 2.75. The van der Waals surface area contributed by atoms with E-state index in [1.54, 1.807) is 0 Å². The molecule has 12 heavy (non-hydrogen) atoms. The minimum absolute atomic E-state index is 0.745. The third kappa shape index (κ3) is 0.939. The number of rotatable bonds is 1. The van der Waals surface area contributed by atoms with Crippen LogP contribution in [0.3, 0.4) is 0 Å². The molecule has 3 saturated carbocycles. The second-order valence-corrected chi connectivity index (χ2v) is 7.25. The SMILES string of the molecule is IC12CC(C3CCCOC3)(C1)C2. The van der Waals surface area contributed by atoms with Gasteiger partial charge in [-0.25, -0.2) is 0 Å². The van der Waals surface area contributed by atoms with Crippen molar-refractivity contribution in [2.24, 2.45) is 11.3 Å². The Labute approximate surface area is 87.4 Å². The number of alkyl halides is 1. The fraction of sp³-hybridized carbons (Fsp3) is 1.00. The summed E-state index contributed by atoms with van der Waals surface area (Å²) in [5.74, 6) is 0.919. The number of hydrogen-bond donors (Lipinski definition) is 0. The number of hydrogen-bond acceptors (Lipinski definition) is 1. The first-order valence-electron chi connectivity index (χ1n) is 4.99. The maximum atomic E-state index is 5.56.